The minimum atomic E-state index is -2.55. The first-order chi connectivity index (χ1) is 4.54. The lowest BCUT2D eigenvalue weighted by atomic mass is 10.2. The fourth-order valence-corrected chi connectivity index (χ4v) is 1.20. The van der Waals surface area contributed by atoms with E-state index in [-0.39, 0.29) is 6.54 Å². The third-order valence-electron chi connectivity index (χ3n) is 1.81. The number of nitrogens with zero attached hydrogens (tertiary/aromatic N) is 1. The molecule has 0 aromatic rings. The van der Waals surface area contributed by atoms with Crippen molar-refractivity contribution in [2.45, 2.75) is 12.0 Å². The maximum atomic E-state index is 12.8. The molecule has 1 heterocycles. The SMILES string of the molecule is CN(C)[C@@H]1CNCC1(F)F. The van der Waals surface area contributed by atoms with Crippen molar-refractivity contribution < 1.29 is 8.78 Å². The van der Waals surface area contributed by atoms with Gasteiger partial charge in [0, 0.05) is 6.54 Å². The third kappa shape index (κ3) is 1.27. The van der Waals surface area contributed by atoms with Gasteiger partial charge in [-0.1, -0.05) is 0 Å². The van der Waals surface area contributed by atoms with Crippen LogP contribution in [0.1, 0.15) is 0 Å². The summed E-state index contributed by atoms with van der Waals surface area (Å²) >= 11 is 0. The van der Waals surface area contributed by atoms with E-state index in [9.17, 15) is 8.78 Å². The van der Waals surface area contributed by atoms with Gasteiger partial charge in [-0.25, -0.2) is 8.78 Å². The molecule has 0 unspecified atom stereocenters. The zero-order valence-electron chi connectivity index (χ0n) is 6.19. The zero-order valence-corrected chi connectivity index (χ0v) is 6.19. The molecule has 1 atom stereocenters. The van der Waals surface area contributed by atoms with Crippen molar-refractivity contribution in [3.63, 3.8) is 0 Å². The van der Waals surface area contributed by atoms with E-state index in [4.69, 9.17) is 0 Å². The average molecular weight is 150 g/mol. The Morgan fingerprint density at radius 1 is 1.50 bits per heavy atom. The lowest BCUT2D eigenvalue weighted by Crippen LogP contribution is -2.42. The van der Waals surface area contributed by atoms with Crippen LogP contribution in [0.15, 0.2) is 0 Å². The molecule has 0 bridgehead atoms. The lowest BCUT2D eigenvalue weighted by molar-refractivity contribution is -0.0341. The monoisotopic (exact) mass is 150 g/mol. The van der Waals surface area contributed by atoms with Crippen molar-refractivity contribution in [2.24, 2.45) is 0 Å². The normalized spacial score (nSPS) is 31.5. The highest BCUT2D eigenvalue weighted by Crippen LogP contribution is 2.24. The molecule has 60 valence electrons. The van der Waals surface area contributed by atoms with Gasteiger partial charge in [-0.05, 0) is 14.1 Å². The van der Waals surface area contributed by atoms with Gasteiger partial charge < -0.3 is 5.32 Å². The molecule has 1 aliphatic heterocycles. The first kappa shape index (κ1) is 7.88. The Kier molecular flexibility index (Phi) is 1.92. The second kappa shape index (κ2) is 2.43. The standard InChI is InChI=1S/C6H12F2N2/c1-10(2)5-3-9-4-6(5,7)8/h5,9H,3-4H2,1-2H3/t5-/m1/s1. The van der Waals surface area contributed by atoms with Crippen LogP contribution < -0.4 is 5.32 Å². The van der Waals surface area contributed by atoms with Crippen LogP contribution in [0.2, 0.25) is 0 Å². The Morgan fingerprint density at radius 2 is 2.10 bits per heavy atom. The molecule has 0 spiro atoms. The fourth-order valence-electron chi connectivity index (χ4n) is 1.20. The van der Waals surface area contributed by atoms with E-state index in [0.29, 0.717) is 6.54 Å². The third-order valence-corrected chi connectivity index (χ3v) is 1.81. The van der Waals surface area contributed by atoms with E-state index in [1.54, 1.807) is 19.0 Å². The number of hydrogen-bond donors (Lipinski definition) is 1. The van der Waals surface area contributed by atoms with Crippen molar-refractivity contribution in [1.29, 1.82) is 0 Å². The summed E-state index contributed by atoms with van der Waals surface area (Å²) in [7, 11) is 3.34. The molecule has 1 rings (SSSR count). The second-order valence-electron chi connectivity index (χ2n) is 2.87. The van der Waals surface area contributed by atoms with Crippen molar-refractivity contribution >= 4 is 0 Å². The Labute approximate surface area is 59.2 Å². The molecule has 2 nitrogen and oxygen atoms in total. The summed E-state index contributed by atoms with van der Waals surface area (Å²) in [5, 5.41) is 2.65. The number of hydrogen-bond acceptors (Lipinski definition) is 2. The highest BCUT2D eigenvalue weighted by molar-refractivity contribution is 4.92. The molecular formula is C6H12F2N2. The first-order valence-electron chi connectivity index (χ1n) is 3.29. The molecule has 0 aromatic heterocycles. The molecule has 0 aliphatic carbocycles. The minimum absolute atomic E-state index is 0.185. The maximum Gasteiger partial charge on any atom is 0.276 e. The second-order valence-corrected chi connectivity index (χ2v) is 2.87. The van der Waals surface area contributed by atoms with E-state index in [2.05, 4.69) is 5.32 Å². The smallest absolute Gasteiger partial charge is 0.276 e. The van der Waals surface area contributed by atoms with Gasteiger partial charge in [-0.15, -0.1) is 0 Å². The van der Waals surface area contributed by atoms with Crippen molar-refractivity contribution in [2.75, 3.05) is 27.2 Å². The van der Waals surface area contributed by atoms with Gasteiger partial charge in [0.2, 0.25) is 0 Å². The summed E-state index contributed by atoms with van der Waals surface area (Å²) in [6, 6.07) is -0.632. The molecule has 0 radical (unpaired) electrons. The Hall–Kier alpha value is -0.220. The predicted octanol–water partition coefficient (Wildman–Crippen LogP) is 0.155. The van der Waals surface area contributed by atoms with Crippen LogP contribution in [-0.2, 0) is 0 Å². The highest BCUT2D eigenvalue weighted by atomic mass is 19.3. The molecule has 1 aliphatic rings. The summed E-state index contributed by atoms with van der Waals surface area (Å²) in [6.45, 7) is 0.204. The molecule has 0 saturated carbocycles. The fraction of sp³-hybridized carbons (Fsp3) is 1.00. The van der Waals surface area contributed by atoms with Gasteiger partial charge in [0.1, 0.15) is 0 Å². The Morgan fingerprint density at radius 3 is 2.30 bits per heavy atom. The molecule has 10 heavy (non-hydrogen) atoms. The molecule has 1 saturated heterocycles. The van der Waals surface area contributed by atoms with Crippen molar-refractivity contribution in [1.82, 2.24) is 10.2 Å². The molecule has 4 heteroatoms. The lowest BCUT2D eigenvalue weighted by Gasteiger charge is -2.24. The number of rotatable bonds is 1. The molecule has 1 fully saturated rings. The van der Waals surface area contributed by atoms with Gasteiger partial charge in [-0.2, -0.15) is 0 Å². The first-order valence-corrected chi connectivity index (χ1v) is 3.29. The number of halogens is 2. The van der Waals surface area contributed by atoms with Gasteiger partial charge >= 0.3 is 0 Å². The predicted molar refractivity (Wildman–Crippen MR) is 35.3 cm³/mol. The topological polar surface area (TPSA) is 15.3 Å². The average Bonchev–Trinajstić information content (AvgIpc) is 2.08. The molecule has 0 amide bonds. The van der Waals surface area contributed by atoms with Crippen LogP contribution in [0, 0.1) is 0 Å². The van der Waals surface area contributed by atoms with Crippen molar-refractivity contribution in [3.05, 3.63) is 0 Å². The van der Waals surface area contributed by atoms with Gasteiger partial charge in [0.15, 0.2) is 0 Å². The van der Waals surface area contributed by atoms with E-state index in [1.165, 1.54) is 0 Å². The van der Waals surface area contributed by atoms with Crippen LogP contribution >= 0.6 is 0 Å². The van der Waals surface area contributed by atoms with Crippen LogP contribution in [0.4, 0.5) is 8.78 Å². The maximum absolute atomic E-state index is 12.8. The Balaban J connectivity index is 2.59. The van der Waals surface area contributed by atoms with E-state index in [1.807, 2.05) is 0 Å². The van der Waals surface area contributed by atoms with Crippen LogP contribution in [0.5, 0.6) is 0 Å². The summed E-state index contributed by atoms with van der Waals surface area (Å²) in [5.74, 6) is -2.55. The number of alkyl halides is 2. The van der Waals surface area contributed by atoms with E-state index in [0.717, 1.165) is 0 Å². The zero-order chi connectivity index (χ0) is 7.78. The van der Waals surface area contributed by atoms with Gasteiger partial charge in [0.25, 0.3) is 5.92 Å². The van der Waals surface area contributed by atoms with Crippen LogP contribution in [0.3, 0.4) is 0 Å². The number of nitrogens with one attached hydrogen (secondary N) is 1. The molecular weight excluding hydrogens is 138 g/mol. The number of likely N-dealkylation sites (N-methyl/N-ethyl adjacent to an activating group) is 1. The van der Waals surface area contributed by atoms with Crippen molar-refractivity contribution in [3.8, 4) is 0 Å². The van der Waals surface area contributed by atoms with Gasteiger partial charge in [0.05, 0.1) is 12.6 Å². The van der Waals surface area contributed by atoms with Crippen LogP contribution in [-0.4, -0.2) is 44.0 Å². The largest absolute Gasteiger partial charge is 0.309 e. The van der Waals surface area contributed by atoms with E-state index < -0.39 is 12.0 Å². The van der Waals surface area contributed by atoms with Gasteiger partial charge in [-0.3, -0.25) is 4.90 Å². The van der Waals surface area contributed by atoms with E-state index >= 15 is 0 Å². The minimum Gasteiger partial charge on any atom is -0.309 e. The summed E-state index contributed by atoms with van der Waals surface area (Å²) in [6.07, 6.45) is 0. The quantitative estimate of drug-likeness (QED) is 0.572. The van der Waals surface area contributed by atoms with Crippen LogP contribution in [0.25, 0.3) is 0 Å². The highest BCUT2D eigenvalue weighted by Gasteiger charge is 2.44. The molecule has 1 N–H and O–H groups in total. The summed E-state index contributed by atoms with van der Waals surface area (Å²) in [5.41, 5.74) is 0. The summed E-state index contributed by atoms with van der Waals surface area (Å²) < 4.78 is 25.5. The Bertz CT molecular complexity index is 125. The molecule has 0 aromatic carbocycles. The summed E-state index contributed by atoms with van der Waals surface area (Å²) in [4.78, 5) is 1.56.